The van der Waals surface area contributed by atoms with E-state index in [-0.39, 0.29) is 22.6 Å². The third-order valence-corrected chi connectivity index (χ3v) is 7.67. The highest BCUT2D eigenvalue weighted by Crippen LogP contribution is 2.50. The maximum Gasteiger partial charge on any atom is 0.435 e. The number of alkyl halides is 3. The van der Waals surface area contributed by atoms with Gasteiger partial charge in [-0.2, -0.15) is 13.2 Å². The molecule has 13 heteroatoms. The van der Waals surface area contributed by atoms with E-state index in [1.807, 2.05) is 0 Å². The smallest absolute Gasteiger partial charge is 0.374 e. The lowest BCUT2D eigenvalue weighted by molar-refractivity contribution is -0.275. The van der Waals surface area contributed by atoms with Crippen molar-refractivity contribution in [3.8, 4) is 0 Å². The Labute approximate surface area is 232 Å². The summed E-state index contributed by atoms with van der Waals surface area (Å²) >= 11 is 17.3. The van der Waals surface area contributed by atoms with E-state index in [0.29, 0.717) is 16.1 Å². The number of nitrogens with one attached hydrogen (secondary N) is 1. The summed E-state index contributed by atoms with van der Waals surface area (Å²) in [5, 5.41) is 3.00. The number of carbonyl (C=O) groups excluding carboxylic acids is 1. The van der Waals surface area contributed by atoms with Crippen molar-refractivity contribution in [2.24, 2.45) is 5.16 Å². The molecular formula is C25H17Cl3F4N2O3S. The Kier molecular flexibility index (Phi) is 8.09. The van der Waals surface area contributed by atoms with Gasteiger partial charge in [0.15, 0.2) is 5.82 Å². The van der Waals surface area contributed by atoms with Gasteiger partial charge in [-0.3, -0.25) is 9.52 Å². The number of hydrogen-bond acceptors (Lipinski definition) is 4. The molecule has 0 saturated heterocycles. The Morgan fingerprint density at radius 2 is 1.71 bits per heavy atom. The van der Waals surface area contributed by atoms with Crippen molar-refractivity contribution in [3.05, 3.63) is 103 Å². The first-order valence-electron chi connectivity index (χ1n) is 10.8. The van der Waals surface area contributed by atoms with Crippen LogP contribution in [0.2, 0.25) is 15.1 Å². The van der Waals surface area contributed by atoms with E-state index in [2.05, 4.69) is 9.88 Å². The number of nitrogens with zero attached hydrogens (tertiary/aromatic N) is 1. The molecule has 38 heavy (non-hydrogen) atoms. The number of hydrogen-bond donors (Lipinski definition) is 1. The monoisotopic (exact) mass is 606 g/mol. The van der Waals surface area contributed by atoms with E-state index in [0.717, 1.165) is 12.1 Å². The highest BCUT2D eigenvalue weighted by molar-refractivity contribution is 7.82. The first kappa shape index (κ1) is 28.4. The minimum absolute atomic E-state index is 0.0553. The maximum absolute atomic E-state index is 14.2. The molecule has 0 fully saturated rings. The Hall–Kier alpha value is -2.66. The quantitative estimate of drug-likeness (QED) is 0.237. The fraction of sp³-hybridized carbons (Fsp3) is 0.200. The fourth-order valence-corrected chi connectivity index (χ4v) is 5.37. The zero-order chi connectivity index (χ0) is 27.8. The number of rotatable bonds is 6. The molecule has 3 aromatic rings. The zero-order valence-corrected chi connectivity index (χ0v) is 22.4. The van der Waals surface area contributed by atoms with Crippen molar-refractivity contribution in [3.63, 3.8) is 0 Å². The van der Waals surface area contributed by atoms with E-state index in [1.165, 1.54) is 18.2 Å². The van der Waals surface area contributed by atoms with Gasteiger partial charge in [0.2, 0.25) is 0 Å². The molecule has 2 unspecified atom stereocenters. The lowest BCUT2D eigenvalue weighted by Gasteiger charge is -2.29. The molecule has 1 aliphatic rings. The van der Waals surface area contributed by atoms with Crippen LogP contribution in [0.15, 0.2) is 59.8 Å². The van der Waals surface area contributed by atoms with Gasteiger partial charge in [-0.1, -0.05) is 58.2 Å². The summed E-state index contributed by atoms with van der Waals surface area (Å²) < 4.78 is 71.3. The Bertz CT molecular complexity index is 1440. The van der Waals surface area contributed by atoms with Crippen LogP contribution in [0.5, 0.6) is 0 Å². The molecule has 3 aromatic carbocycles. The highest BCUT2D eigenvalue weighted by atomic mass is 35.5. The molecule has 1 amide bonds. The van der Waals surface area contributed by atoms with Crippen molar-refractivity contribution in [2.45, 2.75) is 30.9 Å². The largest absolute Gasteiger partial charge is 0.435 e. The van der Waals surface area contributed by atoms with E-state index in [4.69, 9.17) is 39.6 Å². The molecule has 4 rings (SSSR count). The molecule has 1 aliphatic heterocycles. The molecule has 1 heterocycles. The molecule has 0 aromatic heterocycles. The first-order valence-corrected chi connectivity index (χ1v) is 13.3. The summed E-state index contributed by atoms with van der Waals surface area (Å²) in [7, 11) is -1.73. The molecule has 5 nitrogen and oxygen atoms in total. The van der Waals surface area contributed by atoms with Crippen molar-refractivity contribution in [1.29, 1.82) is 0 Å². The lowest BCUT2D eigenvalue weighted by atomic mass is 9.86. The molecular weight excluding hydrogens is 591 g/mol. The van der Waals surface area contributed by atoms with Gasteiger partial charge in [0.25, 0.3) is 11.5 Å². The standard InChI is InChI=1S/C25H17Cl3F4N2O3S/c1-13-8-15(4-7-18(13)23(35)34-38(36)12-14-2-5-17(26)6-3-14)21-11-24(37-33-21,25(30,31)32)16-9-19(27)22(29)20(28)10-16/h2-10H,11-12H2,1H3,(H,34,35). The summed E-state index contributed by atoms with van der Waals surface area (Å²) in [6.07, 6.45) is -5.70. The van der Waals surface area contributed by atoms with Crippen LogP contribution in [-0.2, 0) is 27.2 Å². The summed E-state index contributed by atoms with van der Waals surface area (Å²) in [6.45, 7) is 1.58. The summed E-state index contributed by atoms with van der Waals surface area (Å²) in [5.74, 6) is -1.61. The van der Waals surface area contributed by atoms with Crippen molar-refractivity contribution in [1.82, 2.24) is 4.72 Å². The second-order valence-corrected chi connectivity index (χ2v) is 10.9. The van der Waals surface area contributed by atoms with Gasteiger partial charge in [0.1, 0.15) is 11.0 Å². The summed E-state index contributed by atoms with van der Waals surface area (Å²) in [5.41, 5.74) is -1.94. The second-order valence-electron chi connectivity index (χ2n) is 8.46. The average molecular weight is 608 g/mol. The third-order valence-electron chi connectivity index (χ3n) is 5.86. The van der Waals surface area contributed by atoms with Crippen LogP contribution in [0.3, 0.4) is 0 Å². The molecule has 0 saturated carbocycles. The van der Waals surface area contributed by atoms with Crippen LogP contribution in [0.1, 0.15) is 39.0 Å². The normalized spacial score (nSPS) is 18.1. The van der Waals surface area contributed by atoms with Crippen LogP contribution in [0.4, 0.5) is 17.6 Å². The first-order chi connectivity index (χ1) is 17.8. The maximum atomic E-state index is 14.2. The van der Waals surface area contributed by atoms with Crippen LogP contribution in [-0.4, -0.2) is 22.0 Å². The second kappa shape index (κ2) is 10.8. The van der Waals surface area contributed by atoms with Crippen LogP contribution >= 0.6 is 34.8 Å². The minimum Gasteiger partial charge on any atom is -0.374 e. The highest BCUT2D eigenvalue weighted by Gasteiger charge is 2.62. The van der Waals surface area contributed by atoms with Crippen molar-refractivity contribution in [2.75, 3.05) is 0 Å². The van der Waals surface area contributed by atoms with Crippen molar-refractivity contribution < 1.29 is 31.4 Å². The molecule has 1 N–H and O–H groups in total. The van der Waals surface area contributed by atoms with Crippen LogP contribution < -0.4 is 4.72 Å². The van der Waals surface area contributed by atoms with Crippen LogP contribution in [0.25, 0.3) is 0 Å². The number of halogens is 7. The van der Waals surface area contributed by atoms with E-state index < -0.39 is 56.5 Å². The Morgan fingerprint density at radius 3 is 2.29 bits per heavy atom. The predicted octanol–water partition coefficient (Wildman–Crippen LogP) is 7.27. The number of aryl methyl sites for hydroxylation is 1. The van der Waals surface area contributed by atoms with E-state index >= 15 is 0 Å². The number of carbonyl (C=O) groups is 1. The van der Waals surface area contributed by atoms with Gasteiger partial charge < -0.3 is 4.84 Å². The molecule has 0 aliphatic carbocycles. The minimum atomic E-state index is -4.95. The molecule has 2 atom stereocenters. The number of oxime groups is 1. The van der Waals surface area contributed by atoms with Gasteiger partial charge in [-0.15, -0.1) is 0 Å². The molecule has 0 bridgehead atoms. The van der Waals surface area contributed by atoms with Gasteiger partial charge >= 0.3 is 6.18 Å². The van der Waals surface area contributed by atoms with Gasteiger partial charge in [-0.05, 0) is 60.0 Å². The van der Waals surface area contributed by atoms with Gasteiger partial charge in [0.05, 0.1) is 21.5 Å². The summed E-state index contributed by atoms with van der Waals surface area (Å²) in [6, 6.07) is 12.5. The lowest BCUT2D eigenvalue weighted by Crippen LogP contribution is -2.42. The molecule has 200 valence electrons. The van der Waals surface area contributed by atoms with Gasteiger partial charge in [-0.25, -0.2) is 8.60 Å². The van der Waals surface area contributed by atoms with E-state index in [9.17, 15) is 26.6 Å². The SMILES string of the molecule is Cc1cc(C2=NOC(c3cc(Cl)c(F)c(Cl)c3)(C(F)(F)F)C2)ccc1C(=O)NS(=O)Cc1ccc(Cl)cc1. The number of benzene rings is 3. The van der Waals surface area contributed by atoms with Crippen LogP contribution in [0, 0.1) is 12.7 Å². The fourth-order valence-electron chi connectivity index (χ4n) is 3.87. The topological polar surface area (TPSA) is 67.8 Å². The zero-order valence-electron chi connectivity index (χ0n) is 19.3. The van der Waals surface area contributed by atoms with Gasteiger partial charge in [0, 0.05) is 22.6 Å². The van der Waals surface area contributed by atoms with Crippen molar-refractivity contribution >= 4 is 57.4 Å². The predicted molar refractivity (Wildman–Crippen MR) is 138 cm³/mol. The Balaban J connectivity index is 1.53. The summed E-state index contributed by atoms with van der Waals surface area (Å²) in [4.78, 5) is 17.6. The Morgan fingerprint density at radius 1 is 1.08 bits per heavy atom. The number of amides is 1. The molecule has 0 spiro atoms. The third kappa shape index (κ3) is 5.68. The molecule has 0 radical (unpaired) electrons. The van der Waals surface area contributed by atoms with E-state index in [1.54, 1.807) is 31.2 Å². The average Bonchev–Trinajstić information content (AvgIpc) is 3.30.